The second-order valence-corrected chi connectivity index (χ2v) is 6.49. The molecule has 0 bridgehead atoms. The van der Waals surface area contributed by atoms with Crippen molar-refractivity contribution >= 4 is 29.0 Å². The Labute approximate surface area is 156 Å². The zero-order chi connectivity index (χ0) is 18.4. The SMILES string of the molecule is O=C(Nc1ccc(F)cc1)NC1CCN(C(=S)NCc2ccco2)CC1. The topological polar surface area (TPSA) is 69.5 Å². The number of nitrogens with one attached hydrogen (secondary N) is 3. The maximum Gasteiger partial charge on any atom is 0.319 e. The van der Waals surface area contributed by atoms with Gasteiger partial charge in [-0.3, -0.25) is 0 Å². The summed E-state index contributed by atoms with van der Waals surface area (Å²) in [5.74, 6) is 0.501. The van der Waals surface area contributed by atoms with Crippen LogP contribution in [0.4, 0.5) is 14.9 Å². The molecule has 0 aliphatic carbocycles. The molecule has 0 unspecified atom stereocenters. The van der Waals surface area contributed by atoms with Crippen molar-refractivity contribution in [3.8, 4) is 0 Å². The average molecular weight is 376 g/mol. The fourth-order valence-corrected chi connectivity index (χ4v) is 3.06. The fraction of sp³-hybridized carbons (Fsp3) is 0.333. The van der Waals surface area contributed by atoms with Crippen molar-refractivity contribution in [3.63, 3.8) is 0 Å². The molecule has 1 aromatic carbocycles. The molecule has 0 radical (unpaired) electrons. The Morgan fingerprint density at radius 1 is 1.23 bits per heavy atom. The predicted octanol–water partition coefficient (Wildman–Crippen LogP) is 3.08. The summed E-state index contributed by atoms with van der Waals surface area (Å²) < 4.78 is 18.2. The fourth-order valence-electron chi connectivity index (χ4n) is 2.80. The van der Waals surface area contributed by atoms with Crippen LogP contribution in [0.5, 0.6) is 0 Å². The Morgan fingerprint density at radius 2 is 1.96 bits per heavy atom. The van der Waals surface area contributed by atoms with Crippen molar-refractivity contribution < 1.29 is 13.6 Å². The van der Waals surface area contributed by atoms with Crippen molar-refractivity contribution in [2.24, 2.45) is 0 Å². The van der Waals surface area contributed by atoms with Crippen LogP contribution in [-0.2, 0) is 6.54 Å². The van der Waals surface area contributed by atoms with Crippen LogP contribution >= 0.6 is 12.2 Å². The van der Waals surface area contributed by atoms with Crippen molar-refractivity contribution in [1.29, 1.82) is 0 Å². The highest BCUT2D eigenvalue weighted by atomic mass is 32.1. The minimum Gasteiger partial charge on any atom is -0.467 e. The number of benzene rings is 1. The molecule has 3 N–H and O–H groups in total. The first kappa shape index (κ1) is 18.2. The van der Waals surface area contributed by atoms with E-state index in [0.29, 0.717) is 17.3 Å². The summed E-state index contributed by atoms with van der Waals surface area (Å²) in [5.41, 5.74) is 0.560. The second kappa shape index (κ2) is 8.66. The van der Waals surface area contributed by atoms with Gasteiger partial charge in [-0.15, -0.1) is 0 Å². The van der Waals surface area contributed by atoms with Crippen LogP contribution in [0.15, 0.2) is 47.1 Å². The summed E-state index contributed by atoms with van der Waals surface area (Å²) in [6.07, 6.45) is 3.24. The van der Waals surface area contributed by atoms with Crippen molar-refractivity contribution in [3.05, 3.63) is 54.2 Å². The Hall–Kier alpha value is -2.61. The van der Waals surface area contributed by atoms with Gasteiger partial charge in [-0.1, -0.05) is 0 Å². The van der Waals surface area contributed by atoms with E-state index in [1.165, 1.54) is 24.3 Å². The van der Waals surface area contributed by atoms with Crippen LogP contribution < -0.4 is 16.0 Å². The van der Waals surface area contributed by atoms with E-state index in [0.717, 1.165) is 31.7 Å². The van der Waals surface area contributed by atoms with Gasteiger partial charge in [0.15, 0.2) is 5.11 Å². The third kappa shape index (κ3) is 5.19. The van der Waals surface area contributed by atoms with E-state index in [1.54, 1.807) is 6.26 Å². The minimum absolute atomic E-state index is 0.0829. The lowest BCUT2D eigenvalue weighted by atomic mass is 10.1. The van der Waals surface area contributed by atoms with Gasteiger partial charge in [0.05, 0.1) is 12.8 Å². The van der Waals surface area contributed by atoms with Gasteiger partial charge in [-0.25, -0.2) is 9.18 Å². The van der Waals surface area contributed by atoms with E-state index in [-0.39, 0.29) is 17.9 Å². The summed E-state index contributed by atoms with van der Waals surface area (Å²) in [6.45, 7) is 2.10. The molecule has 2 aromatic rings. The number of halogens is 1. The van der Waals surface area contributed by atoms with Gasteiger partial charge in [0.2, 0.25) is 0 Å². The van der Waals surface area contributed by atoms with E-state index in [2.05, 4.69) is 20.9 Å². The van der Waals surface area contributed by atoms with Crippen molar-refractivity contribution in [1.82, 2.24) is 15.5 Å². The lowest BCUT2D eigenvalue weighted by molar-refractivity contribution is 0.236. The van der Waals surface area contributed by atoms with Crippen LogP contribution in [0.25, 0.3) is 0 Å². The molecular weight excluding hydrogens is 355 g/mol. The molecule has 26 heavy (non-hydrogen) atoms. The Balaban J connectivity index is 1.38. The van der Waals surface area contributed by atoms with Gasteiger partial charge in [0, 0.05) is 24.8 Å². The molecule has 138 valence electrons. The zero-order valence-electron chi connectivity index (χ0n) is 14.2. The van der Waals surface area contributed by atoms with Gasteiger partial charge in [-0.05, 0) is 61.5 Å². The molecule has 0 spiro atoms. The van der Waals surface area contributed by atoms with Crippen LogP contribution in [-0.4, -0.2) is 35.2 Å². The molecular formula is C18H21FN4O2S. The number of amides is 2. The van der Waals surface area contributed by atoms with Gasteiger partial charge < -0.3 is 25.3 Å². The number of carbonyl (C=O) groups excluding carboxylic acids is 1. The molecule has 1 saturated heterocycles. The summed E-state index contributed by atoms with van der Waals surface area (Å²) in [5, 5.41) is 9.53. The number of nitrogens with zero attached hydrogens (tertiary/aromatic N) is 1. The molecule has 1 aromatic heterocycles. The molecule has 2 heterocycles. The number of piperidine rings is 1. The largest absolute Gasteiger partial charge is 0.467 e. The standard InChI is InChI=1S/C18H21FN4O2S/c19-13-3-5-14(6-4-13)21-17(24)22-15-7-9-23(10-8-15)18(26)20-12-16-2-1-11-25-16/h1-6,11,15H,7-10,12H2,(H,20,26)(H2,21,22,24). The first-order valence-corrected chi connectivity index (χ1v) is 8.89. The van der Waals surface area contributed by atoms with Crippen LogP contribution in [0.2, 0.25) is 0 Å². The summed E-state index contributed by atoms with van der Waals surface area (Å²) in [4.78, 5) is 14.1. The Kier molecular flexibility index (Phi) is 6.06. The maximum atomic E-state index is 12.9. The number of carbonyl (C=O) groups is 1. The van der Waals surface area contributed by atoms with Gasteiger partial charge in [0.1, 0.15) is 11.6 Å². The van der Waals surface area contributed by atoms with Crippen molar-refractivity contribution in [2.75, 3.05) is 18.4 Å². The first-order chi connectivity index (χ1) is 12.6. The number of urea groups is 1. The quantitative estimate of drug-likeness (QED) is 0.716. The smallest absolute Gasteiger partial charge is 0.319 e. The summed E-state index contributed by atoms with van der Waals surface area (Å²) in [6, 6.07) is 9.21. The average Bonchev–Trinajstić information content (AvgIpc) is 3.16. The first-order valence-electron chi connectivity index (χ1n) is 8.48. The molecule has 2 amide bonds. The van der Waals surface area contributed by atoms with E-state index in [4.69, 9.17) is 16.6 Å². The van der Waals surface area contributed by atoms with Gasteiger partial charge in [0.25, 0.3) is 0 Å². The highest BCUT2D eigenvalue weighted by molar-refractivity contribution is 7.80. The molecule has 0 saturated carbocycles. The van der Waals surface area contributed by atoms with Crippen LogP contribution in [0.3, 0.4) is 0 Å². The lowest BCUT2D eigenvalue weighted by Gasteiger charge is -2.34. The summed E-state index contributed by atoms with van der Waals surface area (Å²) in [7, 11) is 0. The zero-order valence-corrected chi connectivity index (χ0v) is 15.0. The Bertz CT molecular complexity index is 728. The van der Waals surface area contributed by atoms with Gasteiger partial charge >= 0.3 is 6.03 Å². The van der Waals surface area contributed by atoms with E-state index in [1.807, 2.05) is 12.1 Å². The second-order valence-electron chi connectivity index (χ2n) is 6.10. The normalized spacial score (nSPS) is 14.7. The van der Waals surface area contributed by atoms with Crippen LogP contribution in [0.1, 0.15) is 18.6 Å². The lowest BCUT2D eigenvalue weighted by Crippen LogP contribution is -2.49. The Morgan fingerprint density at radius 3 is 2.62 bits per heavy atom. The third-order valence-electron chi connectivity index (χ3n) is 4.21. The predicted molar refractivity (Wildman–Crippen MR) is 101 cm³/mol. The molecule has 8 heteroatoms. The molecule has 0 atom stereocenters. The molecule has 1 aliphatic rings. The molecule has 6 nitrogen and oxygen atoms in total. The van der Waals surface area contributed by atoms with E-state index < -0.39 is 0 Å². The highest BCUT2D eigenvalue weighted by Crippen LogP contribution is 2.12. The number of furan rings is 1. The molecule has 1 aliphatic heterocycles. The monoisotopic (exact) mass is 376 g/mol. The van der Waals surface area contributed by atoms with E-state index >= 15 is 0 Å². The number of hydrogen-bond donors (Lipinski definition) is 3. The number of likely N-dealkylation sites (tertiary alicyclic amines) is 1. The summed E-state index contributed by atoms with van der Waals surface area (Å²) >= 11 is 5.41. The third-order valence-corrected chi connectivity index (χ3v) is 4.62. The minimum atomic E-state index is -0.333. The maximum absolute atomic E-state index is 12.9. The molecule has 1 fully saturated rings. The van der Waals surface area contributed by atoms with E-state index in [9.17, 15) is 9.18 Å². The molecule has 3 rings (SSSR count). The number of anilines is 1. The number of thiocarbonyl (C=S) groups is 1. The van der Waals surface area contributed by atoms with Crippen molar-refractivity contribution in [2.45, 2.75) is 25.4 Å². The highest BCUT2D eigenvalue weighted by Gasteiger charge is 2.22. The number of rotatable bonds is 4. The number of hydrogen-bond acceptors (Lipinski definition) is 3. The van der Waals surface area contributed by atoms with Crippen LogP contribution in [0, 0.1) is 5.82 Å². The van der Waals surface area contributed by atoms with Gasteiger partial charge in [-0.2, -0.15) is 0 Å².